The minimum absolute atomic E-state index is 0.596. The van der Waals surface area contributed by atoms with E-state index >= 15 is 0 Å². The highest BCUT2D eigenvalue weighted by molar-refractivity contribution is 6.18. The summed E-state index contributed by atoms with van der Waals surface area (Å²) in [7, 11) is 0. The number of alkyl halides is 1. The lowest BCUT2D eigenvalue weighted by Crippen LogP contribution is -2.17. The van der Waals surface area contributed by atoms with Crippen molar-refractivity contribution in [3.8, 4) is 0 Å². The molecule has 0 fully saturated rings. The summed E-state index contributed by atoms with van der Waals surface area (Å²) in [5.74, 6) is 0.596. The molecule has 0 radical (unpaired) electrons. The third kappa shape index (κ3) is 7.95. The van der Waals surface area contributed by atoms with Crippen molar-refractivity contribution in [2.45, 2.75) is 6.42 Å². The van der Waals surface area contributed by atoms with E-state index in [-0.39, 0.29) is 0 Å². The number of rotatable bonds is 6. The third-order valence-corrected chi connectivity index (χ3v) is 1.25. The molecule has 0 aliphatic rings. The van der Waals surface area contributed by atoms with Crippen LogP contribution in [0.15, 0.2) is 12.2 Å². The molecule has 0 heterocycles. The summed E-state index contributed by atoms with van der Waals surface area (Å²) < 4.78 is 0. The van der Waals surface area contributed by atoms with Crippen LogP contribution in [0, 0.1) is 0 Å². The van der Waals surface area contributed by atoms with Crippen molar-refractivity contribution in [1.82, 2.24) is 5.32 Å². The predicted molar refractivity (Wildman–Crippen MR) is 46.4 cm³/mol. The molecule has 60 valence electrons. The number of halogens is 1. The Hall–Kier alpha value is -0.0500. The monoisotopic (exact) mass is 162 g/mol. The SMILES string of the molecule is NCCCNC/C=C/CCl. The van der Waals surface area contributed by atoms with Crippen molar-refractivity contribution in [3.63, 3.8) is 0 Å². The van der Waals surface area contributed by atoms with Crippen LogP contribution in [0.3, 0.4) is 0 Å². The van der Waals surface area contributed by atoms with E-state index in [2.05, 4.69) is 5.32 Å². The molecule has 0 aliphatic carbocycles. The fourth-order valence-corrected chi connectivity index (χ4v) is 0.685. The van der Waals surface area contributed by atoms with Gasteiger partial charge in [-0.25, -0.2) is 0 Å². The maximum absolute atomic E-state index is 5.41. The number of nitrogens with one attached hydrogen (secondary N) is 1. The summed E-state index contributed by atoms with van der Waals surface area (Å²) in [6, 6.07) is 0. The van der Waals surface area contributed by atoms with E-state index in [1.165, 1.54) is 0 Å². The normalized spacial score (nSPS) is 11.0. The van der Waals surface area contributed by atoms with Gasteiger partial charge in [0.15, 0.2) is 0 Å². The van der Waals surface area contributed by atoms with Crippen LogP contribution >= 0.6 is 11.6 Å². The van der Waals surface area contributed by atoms with Gasteiger partial charge in [-0.05, 0) is 19.5 Å². The number of nitrogens with two attached hydrogens (primary N) is 1. The Kier molecular flexibility index (Phi) is 8.91. The van der Waals surface area contributed by atoms with Crippen LogP contribution < -0.4 is 11.1 Å². The second-order valence-corrected chi connectivity index (χ2v) is 2.28. The Balaban J connectivity index is 2.83. The predicted octanol–water partition coefficient (Wildman–Crippen LogP) is 0.720. The first-order chi connectivity index (χ1) is 4.91. The summed E-state index contributed by atoms with van der Waals surface area (Å²) in [5.41, 5.74) is 5.29. The zero-order chi connectivity index (χ0) is 7.66. The molecule has 3 N–H and O–H groups in total. The summed E-state index contributed by atoms with van der Waals surface area (Å²) >= 11 is 5.41. The maximum Gasteiger partial charge on any atom is 0.0404 e. The lowest BCUT2D eigenvalue weighted by atomic mass is 10.4. The molecule has 0 spiro atoms. The maximum atomic E-state index is 5.41. The topological polar surface area (TPSA) is 38.0 Å². The van der Waals surface area contributed by atoms with Crippen LogP contribution in [-0.4, -0.2) is 25.5 Å². The van der Waals surface area contributed by atoms with Gasteiger partial charge in [-0.2, -0.15) is 0 Å². The minimum Gasteiger partial charge on any atom is -0.330 e. The molecule has 0 bridgehead atoms. The first kappa shape index (κ1) is 9.95. The van der Waals surface area contributed by atoms with E-state index < -0.39 is 0 Å². The summed E-state index contributed by atoms with van der Waals surface area (Å²) in [4.78, 5) is 0. The molecule has 0 aromatic carbocycles. The van der Waals surface area contributed by atoms with E-state index in [0.29, 0.717) is 5.88 Å². The Bertz CT molecular complexity index is 83.7. The molecule has 0 unspecified atom stereocenters. The van der Waals surface area contributed by atoms with Crippen LogP contribution in [0.1, 0.15) is 6.42 Å². The molecule has 0 aromatic rings. The van der Waals surface area contributed by atoms with Crippen molar-refractivity contribution >= 4 is 11.6 Å². The van der Waals surface area contributed by atoms with Crippen LogP contribution in [0.5, 0.6) is 0 Å². The standard InChI is InChI=1S/C7H15ClN2/c8-4-1-2-6-10-7-3-5-9/h1-2,10H,3-7,9H2/b2-1+. The summed E-state index contributed by atoms with van der Waals surface area (Å²) in [6.07, 6.45) is 4.98. The van der Waals surface area contributed by atoms with E-state index in [1.54, 1.807) is 0 Å². The first-order valence-corrected chi connectivity index (χ1v) is 4.07. The van der Waals surface area contributed by atoms with Crippen LogP contribution in [-0.2, 0) is 0 Å². The second kappa shape index (κ2) is 8.95. The molecule has 0 saturated heterocycles. The van der Waals surface area contributed by atoms with Gasteiger partial charge < -0.3 is 11.1 Å². The smallest absolute Gasteiger partial charge is 0.0404 e. The summed E-state index contributed by atoms with van der Waals surface area (Å²) in [5, 5.41) is 3.20. The Morgan fingerprint density at radius 1 is 1.40 bits per heavy atom. The fraction of sp³-hybridized carbons (Fsp3) is 0.714. The van der Waals surface area contributed by atoms with Crippen LogP contribution in [0.2, 0.25) is 0 Å². The van der Waals surface area contributed by atoms with Gasteiger partial charge in [0, 0.05) is 12.4 Å². The quantitative estimate of drug-likeness (QED) is 0.343. The molecule has 10 heavy (non-hydrogen) atoms. The van der Waals surface area contributed by atoms with Gasteiger partial charge in [0.2, 0.25) is 0 Å². The van der Waals surface area contributed by atoms with E-state index in [1.807, 2.05) is 12.2 Å². The second-order valence-electron chi connectivity index (χ2n) is 1.97. The van der Waals surface area contributed by atoms with Crippen molar-refractivity contribution in [2.24, 2.45) is 5.73 Å². The summed E-state index contributed by atoms with van der Waals surface area (Å²) in [6.45, 7) is 2.64. The van der Waals surface area contributed by atoms with Crippen molar-refractivity contribution < 1.29 is 0 Å². The zero-order valence-corrected chi connectivity index (χ0v) is 6.90. The van der Waals surface area contributed by atoms with Gasteiger partial charge in [0.1, 0.15) is 0 Å². The fourth-order valence-electron chi connectivity index (χ4n) is 0.559. The molecule has 2 nitrogen and oxygen atoms in total. The van der Waals surface area contributed by atoms with Gasteiger partial charge in [-0.1, -0.05) is 12.2 Å². The zero-order valence-electron chi connectivity index (χ0n) is 6.15. The van der Waals surface area contributed by atoms with Gasteiger partial charge in [-0.3, -0.25) is 0 Å². The number of hydrogen-bond acceptors (Lipinski definition) is 2. The highest BCUT2D eigenvalue weighted by Crippen LogP contribution is 1.76. The average Bonchev–Trinajstić information content (AvgIpc) is 1.97. The lowest BCUT2D eigenvalue weighted by molar-refractivity contribution is 0.700. The third-order valence-electron chi connectivity index (χ3n) is 1.08. The highest BCUT2D eigenvalue weighted by atomic mass is 35.5. The average molecular weight is 163 g/mol. The van der Waals surface area contributed by atoms with Crippen molar-refractivity contribution in [2.75, 3.05) is 25.5 Å². The van der Waals surface area contributed by atoms with Crippen LogP contribution in [0.4, 0.5) is 0 Å². The first-order valence-electron chi connectivity index (χ1n) is 3.53. The molecular weight excluding hydrogens is 148 g/mol. The van der Waals surface area contributed by atoms with Gasteiger partial charge in [0.05, 0.1) is 0 Å². The van der Waals surface area contributed by atoms with E-state index in [9.17, 15) is 0 Å². The molecule has 0 aliphatic heterocycles. The molecule has 0 amide bonds. The highest BCUT2D eigenvalue weighted by Gasteiger charge is 1.80. The molecule has 3 heteroatoms. The Morgan fingerprint density at radius 2 is 2.20 bits per heavy atom. The lowest BCUT2D eigenvalue weighted by Gasteiger charge is -1.97. The van der Waals surface area contributed by atoms with E-state index in [0.717, 1.165) is 26.1 Å². The number of allylic oxidation sites excluding steroid dienone is 1. The van der Waals surface area contributed by atoms with Gasteiger partial charge >= 0.3 is 0 Å². The molecule has 0 saturated carbocycles. The van der Waals surface area contributed by atoms with E-state index in [4.69, 9.17) is 17.3 Å². The van der Waals surface area contributed by atoms with Crippen molar-refractivity contribution in [3.05, 3.63) is 12.2 Å². The van der Waals surface area contributed by atoms with Gasteiger partial charge in [-0.15, -0.1) is 11.6 Å². The molecular formula is C7H15ClN2. The molecule has 0 atom stereocenters. The van der Waals surface area contributed by atoms with Crippen molar-refractivity contribution in [1.29, 1.82) is 0 Å². The minimum atomic E-state index is 0.596. The molecule has 0 rings (SSSR count). The largest absolute Gasteiger partial charge is 0.330 e. The Morgan fingerprint density at radius 3 is 2.80 bits per heavy atom. The van der Waals surface area contributed by atoms with Gasteiger partial charge in [0.25, 0.3) is 0 Å². The Labute approximate surface area is 67.4 Å². The van der Waals surface area contributed by atoms with Crippen LogP contribution in [0.25, 0.3) is 0 Å². The number of hydrogen-bond donors (Lipinski definition) is 2. The molecule has 0 aromatic heterocycles.